The van der Waals surface area contributed by atoms with Gasteiger partial charge < -0.3 is 14.4 Å². The van der Waals surface area contributed by atoms with Crippen molar-refractivity contribution in [3.8, 4) is 5.75 Å². The average Bonchev–Trinajstić information content (AvgIpc) is 3.18. The van der Waals surface area contributed by atoms with E-state index in [0.717, 1.165) is 28.5 Å². The molecule has 0 atom stereocenters. The second-order valence-electron chi connectivity index (χ2n) is 4.99. The molecule has 0 unspecified atom stereocenters. The lowest BCUT2D eigenvalue weighted by atomic mass is 10.3. The Morgan fingerprint density at radius 2 is 2.35 bits per heavy atom. The summed E-state index contributed by atoms with van der Waals surface area (Å²) < 4.78 is 7.39. The van der Waals surface area contributed by atoms with E-state index in [-0.39, 0.29) is 5.75 Å². The highest BCUT2D eigenvalue weighted by Gasteiger charge is 2.24. The number of ether oxygens (including phenoxy) is 1. The number of aromatic nitrogens is 2. The van der Waals surface area contributed by atoms with Gasteiger partial charge in [0.15, 0.2) is 5.16 Å². The summed E-state index contributed by atoms with van der Waals surface area (Å²) in [5.41, 5.74) is 1.91. The van der Waals surface area contributed by atoms with Crippen LogP contribution in [0.4, 0.5) is 0 Å². The zero-order chi connectivity index (χ0) is 14.1. The summed E-state index contributed by atoms with van der Waals surface area (Å²) in [7, 11) is 1.64. The van der Waals surface area contributed by atoms with E-state index >= 15 is 0 Å². The van der Waals surface area contributed by atoms with Crippen LogP contribution in [0.3, 0.4) is 0 Å². The van der Waals surface area contributed by atoms with Gasteiger partial charge >= 0.3 is 5.97 Å². The Kier molecular flexibility index (Phi) is 3.56. The van der Waals surface area contributed by atoms with Gasteiger partial charge in [0, 0.05) is 12.6 Å². The molecule has 1 aliphatic carbocycles. The first kappa shape index (κ1) is 13.3. The van der Waals surface area contributed by atoms with Crippen molar-refractivity contribution in [1.82, 2.24) is 9.55 Å². The number of hydrogen-bond acceptors (Lipinski definition) is 4. The maximum absolute atomic E-state index is 10.8. The van der Waals surface area contributed by atoms with Crippen LogP contribution in [0.2, 0.25) is 0 Å². The lowest BCUT2D eigenvalue weighted by Crippen LogP contribution is -2.04. The lowest BCUT2D eigenvalue weighted by Gasteiger charge is -2.07. The minimum Gasteiger partial charge on any atom is -0.497 e. The zero-order valence-electron chi connectivity index (χ0n) is 11.2. The molecule has 5 nitrogen and oxygen atoms in total. The SMILES string of the molecule is COc1ccc2nc(SCC(=O)O)n(CC3CC3)c2c1. The number of rotatable bonds is 6. The van der Waals surface area contributed by atoms with E-state index in [9.17, 15) is 4.79 Å². The first-order chi connectivity index (χ1) is 9.67. The Hall–Kier alpha value is -1.69. The molecule has 1 aliphatic rings. The van der Waals surface area contributed by atoms with Crippen molar-refractivity contribution in [2.75, 3.05) is 12.9 Å². The molecule has 0 bridgehead atoms. The number of fused-ring (bicyclic) bond motifs is 1. The van der Waals surface area contributed by atoms with Crippen LogP contribution in [0.25, 0.3) is 11.0 Å². The number of carboxylic acids is 1. The molecule has 0 amide bonds. The molecule has 1 fully saturated rings. The van der Waals surface area contributed by atoms with Crippen molar-refractivity contribution in [3.05, 3.63) is 18.2 Å². The molecule has 0 radical (unpaired) electrons. The topological polar surface area (TPSA) is 64.3 Å². The second-order valence-corrected chi connectivity index (χ2v) is 5.93. The predicted octanol–water partition coefficient (Wildman–Crippen LogP) is 2.63. The van der Waals surface area contributed by atoms with Gasteiger partial charge in [0.25, 0.3) is 0 Å². The van der Waals surface area contributed by atoms with Crippen LogP contribution in [0.1, 0.15) is 12.8 Å². The molecule has 20 heavy (non-hydrogen) atoms. The Morgan fingerprint density at radius 1 is 1.55 bits per heavy atom. The monoisotopic (exact) mass is 292 g/mol. The minimum absolute atomic E-state index is 0.0329. The van der Waals surface area contributed by atoms with Crippen LogP contribution in [-0.2, 0) is 11.3 Å². The number of benzene rings is 1. The number of nitrogens with zero attached hydrogens (tertiary/aromatic N) is 2. The van der Waals surface area contributed by atoms with Gasteiger partial charge in [-0.1, -0.05) is 11.8 Å². The number of imidazole rings is 1. The van der Waals surface area contributed by atoms with Gasteiger partial charge in [-0.15, -0.1) is 0 Å². The van der Waals surface area contributed by atoms with E-state index in [4.69, 9.17) is 9.84 Å². The fourth-order valence-electron chi connectivity index (χ4n) is 2.18. The summed E-state index contributed by atoms with van der Waals surface area (Å²) in [5.74, 6) is 0.704. The summed E-state index contributed by atoms with van der Waals surface area (Å²) in [6.07, 6.45) is 2.49. The van der Waals surface area contributed by atoms with Crippen molar-refractivity contribution < 1.29 is 14.6 Å². The smallest absolute Gasteiger partial charge is 0.313 e. The number of carbonyl (C=O) groups is 1. The zero-order valence-corrected chi connectivity index (χ0v) is 12.0. The van der Waals surface area contributed by atoms with Crippen molar-refractivity contribution in [2.45, 2.75) is 24.5 Å². The van der Waals surface area contributed by atoms with Crippen molar-refractivity contribution >= 4 is 28.8 Å². The molecule has 1 N–H and O–H groups in total. The first-order valence-corrected chi connectivity index (χ1v) is 7.55. The maximum atomic E-state index is 10.8. The Balaban J connectivity index is 1.99. The molecule has 1 aromatic heterocycles. The molecular formula is C14H16N2O3S. The number of aliphatic carboxylic acids is 1. The second kappa shape index (κ2) is 5.36. The lowest BCUT2D eigenvalue weighted by molar-refractivity contribution is -0.133. The molecular weight excluding hydrogens is 276 g/mol. The van der Waals surface area contributed by atoms with E-state index in [2.05, 4.69) is 9.55 Å². The highest BCUT2D eigenvalue weighted by atomic mass is 32.2. The summed E-state index contributed by atoms with van der Waals surface area (Å²) in [4.78, 5) is 15.3. The van der Waals surface area contributed by atoms with E-state index in [1.807, 2.05) is 18.2 Å². The summed E-state index contributed by atoms with van der Waals surface area (Å²) in [6.45, 7) is 0.908. The number of methoxy groups -OCH3 is 1. The molecule has 0 saturated heterocycles. The minimum atomic E-state index is -0.822. The molecule has 1 heterocycles. The van der Waals surface area contributed by atoms with Gasteiger partial charge in [0.2, 0.25) is 0 Å². The van der Waals surface area contributed by atoms with Crippen molar-refractivity contribution in [3.63, 3.8) is 0 Å². The quantitative estimate of drug-likeness (QED) is 0.829. The summed E-state index contributed by atoms with van der Waals surface area (Å²) in [5, 5.41) is 9.62. The summed E-state index contributed by atoms with van der Waals surface area (Å²) in [6, 6.07) is 5.76. The third-order valence-corrected chi connectivity index (χ3v) is 4.34. The van der Waals surface area contributed by atoms with Crippen LogP contribution in [0.5, 0.6) is 5.75 Å². The van der Waals surface area contributed by atoms with Gasteiger partial charge in [-0.3, -0.25) is 4.79 Å². The van der Waals surface area contributed by atoms with Crippen LogP contribution < -0.4 is 4.74 Å². The maximum Gasteiger partial charge on any atom is 0.313 e. The molecule has 0 spiro atoms. The summed E-state index contributed by atoms with van der Waals surface area (Å²) >= 11 is 1.28. The standard InChI is InChI=1S/C14H16N2O3S/c1-19-10-4-5-11-12(6-10)16(7-9-2-3-9)14(15-11)20-8-13(17)18/h4-6,9H,2-3,7-8H2,1H3,(H,17,18). The largest absolute Gasteiger partial charge is 0.497 e. The van der Waals surface area contributed by atoms with Crippen LogP contribution in [0.15, 0.2) is 23.4 Å². The molecule has 1 aromatic carbocycles. The highest BCUT2D eigenvalue weighted by Crippen LogP contribution is 2.35. The highest BCUT2D eigenvalue weighted by molar-refractivity contribution is 7.99. The van der Waals surface area contributed by atoms with E-state index in [0.29, 0.717) is 5.92 Å². The van der Waals surface area contributed by atoms with Crippen LogP contribution in [0, 0.1) is 5.92 Å². The third kappa shape index (κ3) is 2.75. The van der Waals surface area contributed by atoms with Crippen molar-refractivity contribution in [1.29, 1.82) is 0 Å². The fourth-order valence-corrected chi connectivity index (χ4v) is 2.92. The van der Waals surface area contributed by atoms with Crippen LogP contribution >= 0.6 is 11.8 Å². The Labute approximate surface area is 120 Å². The predicted molar refractivity (Wildman–Crippen MR) is 77.4 cm³/mol. The van der Waals surface area contributed by atoms with Gasteiger partial charge in [-0.25, -0.2) is 4.98 Å². The average molecular weight is 292 g/mol. The van der Waals surface area contributed by atoms with E-state index in [1.54, 1.807) is 7.11 Å². The van der Waals surface area contributed by atoms with Gasteiger partial charge in [-0.05, 0) is 30.9 Å². The normalized spacial score (nSPS) is 14.7. The van der Waals surface area contributed by atoms with Crippen LogP contribution in [-0.4, -0.2) is 33.5 Å². The first-order valence-electron chi connectivity index (χ1n) is 6.56. The third-order valence-electron chi connectivity index (χ3n) is 3.38. The molecule has 106 valence electrons. The van der Waals surface area contributed by atoms with Crippen molar-refractivity contribution in [2.24, 2.45) is 5.92 Å². The molecule has 3 rings (SSSR count). The molecule has 2 aromatic rings. The Bertz CT molecular complexity index is 649. The molecule has 6 heteroatoms. The van der Waals surface area contributed by atoms with E-state index in [1.165, 1.54) is 24.6 Å². The Morgan fingerprint density at radius 3 is 3.00 bits per heavy atom. The van der Waals surface area contributed by atoms with Gasteiger partial charge in [0.05, 0.1) is 23.9 Å². The van der Waals surface area contributed by atoms with Gasteiger partial charge in [0.1, 0.15) is 5.75 Å². The van der Waals surface area contributed by atoms with Gasteiger partial charge in [-0.2, -0.15) is 0 Å². The van der Waals surface area contributed by atoms with E-state index < -0.39 is 5.97 Å². The number of carboxylic acid groups (broad SMARTS) is 1. The number of hydrogen-bond donors (Lipinski definition) is 1. The fraction of sp³-hybridized carbons (Fsp3) is 0.429. The number of thioether (sulfide) groups is 1. The molecule has 0 aliphatic heterocycles. The molecule has 1 saturated carbocycles.